The Morgan fingerprint density at radius 1 is 1.43 bits per heavy atom. The molecule has 0 aliphatic heterocycles. The van der Waals surface area contributed by atoms with Crippen LogP contribution < -0.4 is 5.32 Å². The van der Waals surface area contributed by atoms with Crippen molar-refractivity contribution in [3.8, 4) is 0 Å². The molecule has 2 rings (SSSR count). The van der Waals surface area contributed by atoms with E-state index in [1.807, 2.05) is 29.9 Å². The minimum atomic E-state index is 0.854. The first kappa shape index (κ1) is 9.51. The second kappa shape index (κ2) is 4.00. The van der Waals surface area contributed by atoms with Gasteiger partial charge in [-0.3, -0.25) is 0 Å². The third kappa shape index (κ3) is 2.06. The Hall–Kier alpha value is -1.04. The third-order valence-corrected chi connectivity index (χ3v) is 2.57. The Labute approximate surface area is 96.3 Å². The van der Waals surface area contributed by atoms with Crippen molar-refractivity contribution in [3.63, 3.8) is 0 Å². The fourth-order valence-electron chi connectivity index (χ4n) is 1.18. The van der Waals surface area contributed by atoms with Gasteiger partial charge in [-0.1, -0.05) is 6.07 Å². The zero-order valence-corrected chi connectivity index (χ0v) is 9.89. The van der Waals surface area contributed by atoms with Crippen LogP contribution in [0.25, 0.3) is 0 Å². The van der Waals surface area contributed by atoms with Crippen molar-refractivity contribution < 1.29 is 0 Å². The maximum absolute atomic E-state index is 4.19. The van der Waals surface area contributed by atoms with E-state index in [2.05, 4.69) is 45.0 Å². The highest BCUT2D eigenvalue weighted by molar-refractivity contribution is 14.1. The number of anilines is 2. The molecule has 4 heteroatoms. The molecule has 72 valence electrons. The molecule has 3 nitrogen and oxygen atoms in total. The highest BCUT2D eigenvalue weighted by Gasteiger charge is 1.98. The minimum absolute atomic E-state index is 0.854. The third-order valence-electron chi connectivity index (χ3n) is 1.90. The van der Waals surface area contributed by atoms with Crippen molar-refractivity contribution >= 4 is 34.2 Å². The number of halogens is 1. The van der Waals surface area contributed by atoms with Gasteiger partial charge in [-0.15, -0.1) is 0 Å². The number of imidazole rings is 1. The van der Waals surface area contributed by atoms with Gasteiger partial charge in [-0.05, 0) is 40.8 Å². The summed E-state index contributed by atoms with van der Waals surface area (Å²) in [6.07, 6.45) is 3.69. The number of nitrogens with zero attached hydrogens (tertiary/aromatic N) is 2. The molecule has 0 saturated heterocycles. The van der Waals surface area contributed by atoms with Crippen molar-refractivity contribution in [3.05, 3.63) is 40.2 Å². The smallest absolute Gasteiger partial charge is 0.207 e. The van der Waals surface area contributed by atoms with Gasteiger partial charge in [0.2, 0.25) is 5.95 Å². The largest absolute Gasteiger partial charge is 0.326 e. The molecule has 14 heavy (non-hydrogen) atoms. The molecule has 0 atom stereocenters. The predicted molar refractivity (Wildman–Crippen MR) is 65.6 cm³/mol. The molecule has 0 saturated carbocycles. The molecule has 0 unspecified atom stereocenters. The van der Waals surface area contributed by atoms with Crippen LogP contribution in [0.15, 0.2) is 36.7 Å². The average molecular weight is 299 g/mol. The van der Waals surface area contributed by atoms with Crippen LogP contribution in [0.1, 0.15) is 0 Å². The normalized spacial score (nSPS) is 10.1. The second-order valence-electron chi connectivity index (χ2n) is 3.00. The first-order chi connectivity index (χ1) is 6.75. The van der Waals surface area contributed by atoms with Crippen LogP contribution in [0, 0.1) is 3.57 Å². The van der Waals surface area contributed by atoms with E-state index in [1.165, 1.54) is 3.57 Å². The van der Waals surface area contributed by atoms with Gasteiger partial charge in [0.1, 0.15) is 0 Å². The van der Waals surface area contributed by atoms with E-state index < -0.39 is 0 Å². The van der Waals surface area contributed by atoms with Gasteiger partial charge in [-0.25, -0.2) is 4.98 Å². The van der Waals surface area contributed by atoms with Crippen LogP contribution in [0.3, 0.4) is 0 Å². The predicted octanol–water partition coefficient (Wildman–Crippen LogP) is 2.77. The number of hydrogen-bond donors (Lipinski definition) is 1. The van der Waals surface area contributed by atoms with Gasteiger partial charge in [0.05, 0.1) is 0 Å². The Kier molecular flexibility index (Phi) is 2.72. The molecule has 1 heterocycles. The summed E-state index contributed by atoms with van der Waals surface area (Å²) in [7, 11) is 1.96. The first-order valence-corrected chi connectivity index (χ1v) is 5.33. The van der Waals surface area contributed by atoms with Crippen LogP contribution in [-0.2, 0) is 7.05 Å². The number of rotatable bonds is 2. The van der Waals surface area contributed by atoms with E-state index in [-0.39, 0.29) is 0 Å². The molecular weight excluding hydrogens is 289 g/mol. The molecule has 0 fully saturated rings. The lowest BCUT2D eigenvalue weighted by molar-refractivity contribution is 0.924. The molecule has 1 aromatic heterocycles. The molecule has 2 aromatic rings. The summed E-state index contributed by atoms with van der Waals surface area (Å²) >= 11 is 2.29. The lowest BCUT2D eigenvalue weighted by atomic mass is 10.3. The van der Waals surface area contributed by atoms with E-state index >= 15 is 0 Å². The second-order valence-corrected chi connectivity index (χ2v) is 4.24. The van der Waals surface area contributed by atoms with Gasteiger partial charge in [-0.2, -0.15) is 0 Å². The topological polar surface area (TPSA) is 29.9 Å². The van der Waals surface area contributed by atoms with Crippen molar-refractivity contribution in [2.45, 2.75) is 0 Å². The van der Waals surface area contributed by atoms with E-state index in [0.29, 0.717) is 0 Å². The Balaban J connectivity index is 2.23. The monoisotopic (exact) mass is 299 g/mol. The molecular formula is C10H10IN3. The zero-order chi connectivity index (χ0) is 9.97. The average Bonchev–Trinajstić information content (AvgIpc) is 2.52. The van der Waals surface area contributed by atoms with Crippen LogP contribution in [0.2, 0.25) is 0 Å². The first-order valence-electron chi connectivity index (χ1n) is 4.25. The Morgan fingerprint density at radius 3 is 2.93 bits per heavy atom. The highest BCUT2D eigenvalue weighted by Crippen LogP contribution is 2.16. The summed E-state index contributed by atoms with van der Waals surface area (Å²) in [4.78, 5) is 4.19. The lowest BCUT2D eigenvalue weighted by Crippen LogP contribution is -1.98. The number of nitrogens with one attached hydrogen (secondary N) is 1. The molecule has 0 spiro atoms. The maximum atomic E-state index is 4.19. The van der Waals surface area contributed by atoms with Gasteiger partial charge in [0.15, 0.2) is 0 Å². The van der Waals surface area contributed by atoms with Gasteiger partial charge in [0, 0.05) is 28.7 Å². The Morgan fingerprint density at radius 2 is 2.29 bits per heavy atom. The van der Waals surface area contributed by atoms with E-state index in [4.69, 9.17) is 0 Å². The minimum Gasteiger partial charge on any atom is -0.326 e. The summed E-state index contributed by atoms with van der Waals surface area (Å²) in [6.45, 7) is 0. The van der Waals surface area contributed by atoms with Gasteiger partial charge >= 0.3 is 0 Å². The summed E-state index contributed by atoms with van der Waals surface area (Å²) in [5.41, 5.74) is 1.06. The van der Waals surface area contributed by atoms with E-state index in [9.17, 15) is 0 Å². The maximum Gasteiger partial charge on any atom is 0.207 e. The molecule has 0 aliphatic carbocycles. The summed E-state index contributed by atoms with van der Waals surface area (Å²) in [5.74, 6) is 0.854. The van der Waals surface area contributed by atoms with Crippen LogP contribution in [0.5, 0.6) is 0 Å². The lowest BCUT2D eigenvalue weighted by Gasteiger charge is -2.05. The molecule has 0 bridgehead atoms. The molecule has 1 N–H and O–H groups in total. The number of hydrogen-bond acceptors (Lipinski definition) is 2. The Bertz CT molecular complexity index is 436. The van der Waals surface area contributed by atoms with Crippen LogP contribution in [0.4, 0.5) is 11.6 Å². The molecule has 1 aromatic carbocycles. The van der Waals surface area contributed by atoms with Crippen LogP contribution >= 0.6 is 22.6 Å². The van der Waals surface area contributed by atoms with Crippen LogP contribution in [-0.4, -0.2) is 9.55 Å². The summed E-state index contributed by atoms with van der Waals surface area (Å²) < 4.78 is 3.15. The van der Waals surface area contributed by atoms with Crippen molar-refractivity contribution in [1.82, 2.24) is 9.55 Å². The summed E-state index contributed by atoms with van der Waals surface area (Å²) in [5, 5.41) is 3.24. The SMILES string of the molecule is Cn1ccnc1Nc1cccc(I)c1. The molecule has 0 radical (unpaired) electrons. The van der Waals surface area contributed by atoms with E-state index in [0.717, 1.165) is 11.6 Å². The standard InChI is InChI=1S/C10H10IN3/c1-14-6-5-12-10(14)13-9-4-2-3-8(11)7-9/h2-7H,1H3,(H,12,13). The molecule has 0 amide bonds. The van der Waals surface area contributed by atoms with Gasteiger partial charge in [0.25, 0.3) is 0 Å². The fourth-order valence-corrected chi connectivity index (χ4v) is 1.72. The van der Waals surface area contributed by atoms with Crippen molar-refractivity contribution in [2.75, 3.05) is 5.32 Å². The highest BCUT2D eigenvalue weighted by atomic mass is 127. The van der Waals surface area contributed by atoms with Crippen molar-refractivity contribution in [1.29, 1.82) is 0 Å². The fraction of sp³-hybridized carbons (Fsp3) is 0.100. The molecule has 0 aliphatic rings. The number of benzene rings is 1. The van der Waals surface area contributed by atoms with E-state index in [1.54, 1.807) is 6.20 Å². The number of aromatic nitrogens is 2. The van der Waals surface area contributed by atoms with Gasteiger partial charge < -0.3 is 9.88 Å². The summed E-state index contributed by atoms with van der Waals surface area (Å²) in [6, 6.07) is 8.18. The quantitative estimate of drug-likeness (QED) is 0.864. The van der Waals surface area contributed by atoms with Crippen molar-refractivity contribution in [2.24, 2.45) is 7.05 Å². The zero-order valence-electron chi connectivity index (χ0n) is 7.74. The number of aryl methyl sites for hydroxylation is 1.